The first-order valence-corrected chi connectivity index (χ1v) is 19.2. The molecule has 0 radical (unpaired) electrons. The Bertz CT molecular complexity index is 2200. The molecular formula is C48H47NO. The maximum absolute atomic E-state index is 6.96. The molecule has 5 aliphatic carbocycles. The molecule has 2 nitrogen and oxygen atoms in total. The minimum atomic E-state index is -0.00978. The molecule has 50 heavy (non-hydrogen) atoms. The van der Waals surface area contributed by atoms with Crippen molar-refractivity contribution in [3.8, 4) is 22.6 Å². The Morgan fingerprint density at radius 2 is 1.26 bits per heavy atom. The van der Waals surface area contributed by atoms with Gasteiger partial charge in [0.2, 0.25) is 0 Å². The van der Waals surface area contributed by atoms with Crippen molar-refractivity contribution in [2.24, 2.45) is 29.1 Å². The van der Waals surface area contributed by atoms with E-state index in [4.69, 9.17) is 4.74 Å². The Balaban J connectivity index is 1.15. The van der Waals surface area contributed by atoms with Gasteiger partial charge in [-0.3, -0.25) is 0 Å². The standard InChI is InChI=1S/C48H47NO/c1-45(2)23-24-46(3,4)38-28-35(21-22-36(38)45)49(34-19-17-32(18-20-34)31-11-6-5-7-12-31)39-14-10-16-41-44(39)48(37-13-8-9-15-40(37)50-41)42-26-30-25-33-27-43(48)47(33,42)29-30/h5-22,28,30,33,42-43H,23-27,29H2,1-4H3. The summed E-state index contributed by atoms with van der Waals surface area (Å²) in [7, 11) is 0. The van der Waals surface area contributed by atoms with Gasteiger partial charge in [0.1, 0.15) is 11.5 Å². The highest BCUT2D eigenvalue weighted by molar-refractivity contribution is 5.85. The summed E-state index contributed by atoms with van der Waals surface area (Å²) in [6.07, 6.45) is 8.07. The maximum atomic E-state index is 6.96. The first-order valence-electron chi connectivity index (χ1n) is 19.2. The molecule has 5 aromatic rings. The quantitative estimate of drug-likeness (QED) is 0.191. The van der Waals surface area contributed by atoms with Gasteiger partial charge in [0.15, 0.2) is 0 Å². The van der Waals surface area contributed by atoms with E-state index < -0.39 is 0 Å². The SMILES string of the molecule is CC1(C)CCC(C)(C)c2cc(N(c3ccc(-c4ccccc4)cc3)c3cccc4c3C3(c5ccccc5O4)C4CC5CC6CC3C64C5)ccc21. The van der Waals surface area contributed by atoms with Crippen molar-refractivity contribution in [1.29, 1.82) is 0 Å². The third kappa shape index (κ3) is 3.56. The van der Waals surface area contributed by atoms with E-state index in [2.05, 4.69) is 148 Å². The third-order valence-corrected chi connectivity index (χ3v) is 15.0. The van der Waals surface area contributed by atoms with Crippen LogP contribution in [0, 0.1) is 29.1 Å². The monoisotopic (exact) mass is 653 g/mol. The predicted molar refractivity (Wildman–Crippen MR) is 204 cm³/mol. The van der Waals surface area contributed by atoms with Crippen LogP contribution in [0.2, 0.25) is 0 Å². The number of anilines is 3. The van der Waals surface area contributed by atoms with Crippen LogP contribution in [-0.4, -0.2) is 0 Å². The Labute approximate surface area is 297 Å². The fourth-order valence-corrected chi connectivity index (χ4v) is 12.9. The van der Waals surface area contributed by atoms with Crippen LogP contribution >= 0.6 is 0 Å². The molecule has 0 N–H and O–H groups in total. The van der Waals surface area contributed by atoms with Gasteiger partial charge in [-0.25, -0.2) is 0 Å². The molecule has 6 unspecified atom stereocenters. The smallest absolute Gasteiger partial charge is 0.133 e. The number of benzene rings is 5. The number of hydrogen-bond donors (Lipinski definition) is 0. The zero-order valence-corrected chi connectivity index (χ0v) is 29.9. The molecule has 6 aliphatic rings. The Kier molecular flexibility index (Phi) is 5.72. The summed E-state index contributed by atoms with van der Waals surface area (Å²) in [6, 6.07) is 43.5. The van der Waals surface area contributed by atoms with E-state index in [0.29, 0.717) is 17.3 Å². The van der Waals surface area contributed by atoms with Gasteiger partial charge in [0.05, 0.1) is 5.69 Å². The summed E-state index contributed by atoms with van der Waals surface area (Å²) >= 11 is 0. The lowest BCUT2D eigenvalue weighted by Crippen LogP contribution is -2.74. The Morgan fingerprint density at radius 3 is 2.06 bits per heavy atom. The number of nitrogens with zero attached hydrogens (tertiary/aromatic N) is 1. The molecule has 5 aromatic carbocycles. The van der Waals surface area contributed by atoms with Gasteiger partial charge in [0.25, 0.3) is 0 Å². The van der Waals surface area contributed by atoms with Crippen LogP contribution < -0.4 is 9.64 Å². The van der Waals surface area contributed by atoms with Crippen LogP contribution in [0.25, 0.3) is 11.1 Å². The van der Waals surface area contributed by atoms with E-state index >= 15 is 0 Å². The lowest BCUT2D eigenvalue weighted by Gasteiger charge is -2.77. The average molecular weight is 654 g/mol. The van der Waals surface area contributed by atoms with E-state index in [9.17, 15) is 0 Å². The van der Waals surface area contributed by atoms with E-state index in [-0.39, 0.29) is 16.2 Å². The average Bonchev–Trinajstić information content (AvgIpc) is 3.66. The van der Waals surface area contributed by atoms with Crippen molar-refractivity contribution in [2.75, 3.05) is 4.90 Å². The highest BCUT2D eigenvalue weighted by atomic mass is 16.5. The lowest BCUT2D eigenvalue weighted by atomic mass is 9.26. The molecule has 1 heterocycles. The molecule has 2 spiro atoms. The number of rotatable bonds is 4. The summed E-state index contributed by atoms with van der Waals surface area (Å²) < 4.78 is 6.96. The van der Waals surface area contributed by atoms with Crippen molar-refractivity contribution in [3.63, 3.8) is 0 Å². The van der Waals surface area contributed by atoms with Crippen molar-refractivity contribution in [3.05, 3.63) is 138 Å². The van der Waals surface area contributed by atoms with Gasteiger partial charge in [-0.1, -0.05) is 100 Å². The zero-order valence-electron chi connectivity index (χ0n) is 29.9. The van der Waals surface area contributed by atoms with E-state index in [1.54, 1.807) is 0 Å². The molecule has 1 aliphatic heterocycles. The topological polar surface area (TPSA) is 12.5 Å². The molecule has 0 aromatic heterocycles. The van der Waals surface area contributed by atoms with Crippen LogP contribution in [0.15, 0.2) is 115 Å². The Hall–Kier alpha value is -4.30. The molecule has 11 rings (SSSR count). The van der Waals surface area contributed by atoms with Crippen molar-refractivity contribution < 1.29 is 4.74 Å². The minimum absolute atomic E-state index is 0.00978. The molecule has 0 amide bonds. The maximum Gasteiger partial charge on any atom is 0.133 e. The van der Waals surface area contributed by atoms with Crippen LogP contribution in [0.1, 0.15) is 88.5 Å². The fourth-order valence-electron chi connectivity index (χ4n) is 12.9. The van der Waals surface area contributed by atoms with Crippen LogP contribution in [-0.2, 0) is 16.2 Å². The first-order chi connectivity index (χ1) is 24.2. The molecule has 2 bridgehead atoms. The highest BCUT2D eigenvalue weighted by Crippen LogP contribution is 2.89. The molecular weight excluding hydrogens is 607 g/mol. The summed E-state index contributed by atoms with van der Waals surface area (Å²) in [4.78, 5) is 2.60. The largest absolute Gasteiger partial charge is 0.457 e. The van der Waals surface area contributed by atoms with Crippen molar-refractivity contribution >= 4 is 17.1 Å². The van der Waals surface area contributed by atoms with Crippen molar-refractivity contribution in [2.45, 2.75) is 82.5 Å². The summed E-state index contributed by atoms with van der Waals surface area (Å²) in [5.74, 6) is 5.34. The third-order valence-electron chi connectivity index (χ3n) is 15.0. The number of para-hydroxylation sites is 1. The van der Waals surface area contributed by atoms with E-state index in [0.717, 1.165) is 23.3 Å². The van der Waals surface area contributed by atoms with Gasteiger partial charge in [-0.05, 0) is 143 Å². The second-order valence-corrected chi connectivity index (χ2v) is 18.1. The Morgan fingerprint density at radius 1 is 0.580 bits per heavy atom. The number of ether oxygens (including phenoxy) is 1. The zero-order chi connectivity index (χ0) is 33.6. The van der Waals surface area contributed by atoms with Crippen LogP contribution in [0.5, 0.6) is 11.5 Å². The highest BCUT2D eigenvalue weighted by Gasteiger charge is 2.84. The fraction of sp³-hybridized carbons (Fsp3) is 0.375. The first kappa shape index (κ1) is 29.4. The van der Waals surface area contributed by atoms with Gasteiger partial charge in [-0.2, -0.15) is 0 Å². The summed E-state index contributed by atoms with van der Waals surface area (Å²) in [5, 5.41) is 0. The lowest BCUT2D eigenvalue weighted by molar-refractivity contribution is -0.234. The van der Waals surface area contributed by atoms with E-state index in [1.165, 1.54) is 89.0 Å². The molecule has 6 atom stereocenters. The second kappa shape index (κ2) is 9.72. The summed E-state index contributed by atoms with van der Waals surface area (Å²) in [6.45, 7) is 9.76. The molecule has 2 heteroatoms. The number of hydrogen-bond acceptors (Lipinski definition) is 2. The van der Waals surface area contributed by atoms with Crippen LogP contribution in [0.4, 0.5) is 17.1 Å². The van der Waals surface area contributed by atoms with Gasteiger partial charge in [-0.15, -0.1) is 0 Å². The number of fused-ring (bicyclic) bond motifs is 8. The van der Waals surface area contributed by atoms with Crippen molar-refractivity contribution in [1.82, 2.24) is 0 Å². The molecule has 250 valence electrons. The molecule has 4 fully saturated rings. The van der Waals surface area contributed by atoms with Gasteiger partial charge >= 0.3 is 0 Å². The normalized spacial score (nSPS) is 31.0. The second-order valence-electron chi connectivity index (χ2n) is 18.1. The predicted octanol–water partition coefficient (Wildman–Crippen LogP) is 12.6. The van der Waals surface area contributed by atoms with Gasteiger partial charge in [0, 0.05) is 27.9 Å². The van der Waals surface area contributed by atoms with Crippen LogP contribution in [0.3, 0.4) is 0 Å². The van der Waals surface area contributed by atoms with Gasteiger partial charge < -0.3 is 9.64 Å². The van der Waals surface area contributed by atoms with E-state index in [1.807, 2.05) is 0 Å². The molecule has 0 saturated heterocycles. The minimum Gasteiger partial charge on any atom is -0.457 e. The summed E-state index contributed by atoms with van der Waals surface area (Å²) in [5.41, 5.74) is 12.9. The molecule has 4 saturated carbocycles.